The van der Waals surface area contributed by atoms with Crippen LogP contribution in [0.5, 0.6) is 0 Å². The smallest absolute Gasteiger partial charge is 0.274 e. The van der Waals surface area contributed by atoms with Gasteiger partial charge in [0.05, 0.1) is 10.6 Å². The fourth-order valence-corrected chi connectivity index (χ4v) is 2.54. The van der Waals surface area contributed by atoms with Crippen molar-refractivity contribution in [1.82, 2.24) is 20.0 Å². The van der Waals surface area contributed by atoms with Gasteiger partial charge in [-0.2, -0.15) is 5.10 Å². The van der Waals surface area contributed by atoms with Crippen LogP contribution < -0.4 is 5.32 Å². The summed E-state index contributed by atoms with van der Waals surface area (Å²) in [5.74, 6) is -0.113. The van der Waals surface area contributed by atoms with Crippen molar-refractivity contribution in [2.75, 3.05) is 26.2 Å². The summed E-state index contributed by atoms with van der Waals surface area (Å²) in [6, 6.07) is 7.79. The molecule has 0 atom stereocenters. The predicted octanol–water partition coefficient (Wildman–Crippen LogP) is 1.64. The van der Waals surface area contributed by atoms with Crippen molar-refractivity contribution in [3.05, 3.63) is 52.3 Å². The van der Waals surface area contributed by atoms with Crippen LogP contribution in [0.3, 0.4) is 0 Å². The van der Waals surface area contributed by atoms with Gasteiger partial charge < -0.3 is 10.2 Å². The van der Waals surface area contributed by atoms with Gasteiger partial charge in [-0.15, -0.1) is 12.4 Å². The molecule has 1 saturated heterocycles. The third kappa shape index (κ3) is 3.90. The number of non-ortho nitro benzene ring substituents is 1. The molecule has 1 aromatic carbocycles. The maximum absolute atomic E-state index is 12.5. The molecule has 0 spiro atoms. The highest BCUT2D eigenvalue weighted by Gasteiger charge is 2.19. The molecule has 8 nitrogen and oxygen atoms in total. The van der Waals surface area contributed by atoms with E-state index in [0.29, 0.717) is 24.5 Å². The van der Waals surface area contributed by atoms with Crippen LogP contribution >= 0.6 is 12.4 Å². The number of aromatic nitrogens is 2. The first kappa shape index (κ1) is 17.9. The standard InChI is InChI=1S/C15H17N5O3.ClH/c21-15(18-8-2-6-16-7-10-18)14-5-9-19(17-14)12-3-1-4-13(11-12)20(22)23;/h1,3-5,9,11,16H,2,6-8,10H2;1H. The molecule has 24 heavy (non-hydrogen) atoms. The molecular weight excluding hydrogens is 334 g/mol. The molecular formula is C15H18ClN5O3. The van der Waals surface area contributed by atoms with Gasteiger partial charge in [0.2, 0.25) is 0 Å². The number of amides is 1. The van der Waals surface area contributed by atoms with E-state index in [1.54, 1.807) is 29.3 Å². The zero-order valence-corrected chi connectivity index (χ0v) is 13.7. The number of nitro groups is 1. The lowest BCUT2D eigenvalue weighted by atomic mass is 10.3. The lowest BCUT2D eigenvalue weighted by Gasteiger charge is -2.18. The normalized spacial score (nSPS) is 14.6. The topological polar surface area (TPSA) is 93.3 Å². The van der Waals surface area contributed by atoms with Crippen LogP contribution in [0.25, 0.3) is 5.69 Å². The Morgan fingerprint density at radius 2 is 2.08 bits per heavy atom. The van der Waals surface area contributed by atoms with Crippen LogP contribution in [0, 0.1) is 10.1 Å². The summed E-state index contributed by atoms with van der Waals surface area (Å²) >= 11 is 0. The van der Waals surface area contributed by atoms with Crippen LogP contribution in [0.4, 0.5) is 5.69 Å². The number of nitro benzene ring substituents is 1. The quantitative estimate of drug-likeness (QED) is 0.670. The summed E-state index contributed by atoms with van der Waals surface area (Å²) in [5.41, 5.74) is 0.888. The zero-order valence-electron chi connectivity index (χ0n) is 12.9. The Kier molecular flexibility index (Phi) is 5.88. The van der Waals surface area contributed by atoms with Gasteiger partial charge in [-0.3, -0.25) is 14.9 Å². The molecule has 1 aliphatic rings. The second-order valence-corrected chi connectivity index (χ2v) is 5.32. The van der Waals surface area contributed by atoms with Gasteiger partial charge in [-0.05, 0) is 25.1 Å². The molecule has 128 valence electrons. The van der Waals surface area contributed by atoms with Crippen LogP contribution in [-0.4, -0.2) is 51.7 Å². The molecule has 9 heteroatoms. The van der Waals surface area contributed by atoms with Crippen LogP contribution in [0.2, 0.25) is 0 Å². The van der Waals surface area contributed by atoms with Crippen molar-refractivity contribution < 1.29 is 9.72 Å². The van der Waals surface area contributed by atoms with Crippen molar-refractivity contribution in [1.29, 1.82) is 0 Å². The highest BCUT2D eigenvalue weighted by molar-refractivity contribution is 5.92. The molecule has 0 radical (unpaired) electrons. The van der Waals surface area contributed by atoms with Crippen LogP contribution in [-0.2, 0) is 0 Å². The van der Waals surface area contributed by atoms with E-state index in [1.807, 2.05) is 0 Å². The summed E-state index contributed by atoms with van der Waals surface area (Å²) in [6.07, 6.45) is 2.56. The Balaban J connectivity index is 0.00000208. The van der Waals surface area contributed by atoms with E-state index in [-0.39, 0.29) is 24.0 Å². The van der Waals surface area contributed by atoms with Gasteiger partial charge in [-0.25, -0.2) is 4.68 Å². The number of nitrogens with one attached hydrogen (secondary N) is 1. The van der Waals surface area contributed by atoms with Crippen molar-refractivity contribution in [3.63, 3.8) is 0 Å². The Hall–Kier alpha value is -2.45. The molecule has 0 aliphatic carbocycles. The molecule has 1 amide bonds. The minimum Gasteiger partial charge on any atom is -0.336 e. The molecule has 1 aromatic heterocycles. The van der Waals surface area contributed by atoms with E-state index in [1.165, 1.54) is 16.8 Å². The Morgan fingerprint density at radius 1 is 1.25 bits per heavy atom. The fraction of sp³-hybridized carbons (Fsp3) is 0.333. The monoisotopic (exact) mass is 351 g/mol. The third-order valence-corrected chi connectivity index (χ3v) is 3.74. The highest BCUT2D eigenvalue weighted by Crippen LogP contribution is 2.16. The van der Waals surface area contributed by atoms with Crippen molar-refractivity contribution in [3.8, 4) is 5.69 Å². The van der Waals surface area contributed by atoms with Gasteiger partial charge in [0.1, 0.15) is 0 Å². The molecule has 1 fully saturated rings. The molecule has 1 N–H and O–H groups in total. The number of hydrogen-bond donors (Lipinski definition) is 1. The van der Waals surface area contributed by atoms with E-state index in [2.05, 4.69) is 10.4 Å². The van der Waals surface area contributed by atoms with Crippen molar-refractivity contribution in [2.45, 2.75) is 6.42 Å². The fourth-order valence-electron chi connectivity index (χ4n) is 2.54. The summed E-state index contributed by atoms with van der Waals surface area (Å²) in [5, 5.41) is 18.4. The second-order valence-electron chi connectivity index (χ2n) is 5.32. The maximum atomic E-state index is 12.5. The van der Waals surface area contributed by atoms with E-state index in [9.17, 15) is 14.9 Å². The molecule has 0 saturated carbocycles. The number of halogens is 1. The molecule has 0 bridgehead atoms. The Bertz CT molecular complexity index is 725. The van der Waals surface area contributed by atoms with Gasteiger partial charge in [-0.1, -0.05) is 6.07 Å². The summed E-state index contributed by atoms with van der Waals surface area (Å²) in [4.78, 5) is 24.7. The lowest BCUT2D eigenvalue weighted by molar-refractivity contribution is -0.384. The average molecular weight is 352 g/mol. The number of benzene rings is 1. The van der Waals surface area contributed by atoms with Gasteiger partial charge in [0, 0.05) is 38.0 Å². The summed E-state index contributed by atoms with van der Waals surface area (Å²) in [7, 11) is 0. The first-order valence-corrected chi connectivity index (χ1v) is 7.45. The summed E-state index contributed by atoms with van der Waals surface area (Å²) in [6.45, 7) is 3.04. The number of nitrogens with zero attached hydrogens (tertiary/aromatic N) is 4. The van der Waals surface area contributed by atoms with Crippen molar-refractivity contribution in [2.24, 2.45) is 0 Å². The third-order valence-electron chi connectivity index (χ3n) is 3.74. The number of rotatable bonds is 3. The maximum Gasteiger partial charge on any atom is 0.274 e. The first-order chi connectivity index (χ1) is 11.1. The van der Waals surface area contributed by atoms with E-state index >= 15 is 0 Å². The van der Waals surface area contributed by atoms with Gasteiger partial charge in [0.15, 0.2) is 5.69 Å². The van der Waals surface area contributed by atoms with Crippen molar-refractivity contribution >= 4 is 24.0 Å². The molecule has 2 heterocycles. The van der Waals surface area contributed by atoms with Gasteiger partial charge in [0.25, 0.3) is 11.6 Å². The number of carbonyl (C=O) groups excluding carboxylic acids is 1. The highest BCUT2D eigenvalue weighted by atomic mass is 35.5. The molecule has 3 rings (SSSR count). The zero-order chi connectivity index (χ0) is 16.2. The van der Waals surface area contributed by atoms with E-state index < -0.39 is 4.92 Å². The molecule has 0 unspecified atom stereocenters. The van der Waals surface area contributed by atoms with Crippen LogP contribution in [0.15, 0.2) is 36.5 Å². The van der Waals surface area contributed by atoms with E-state index in [4.69, 9.17) is 0 Å². The Labute approximate surface area is 145 Å². The Morgan fingerprint density at radius 3 is 2.88 bits per heavy atom. The minimum absolute atomic E-state index is 0. The minimum atomic E-state index is -0.455. The number of hydrogen-bond acceptors (Lipinski definition) is 5. The van der Waals surface area contributed by atoms with E-state index in [0.717, 1.165) is 19.5 Å². The second kappa shape index (κ2) is 7.89. The van der Waals surface area contributed by atoms with Gasteiger partial charge >= 0.3 is 0 Å². The average Bonchev–Trinajstić information content (AvgIpc) is 2.90. The lowest BCUT2D eigenvalue weighted by Crippen LogP contribution is -2.34. The first-order valence-electron chi connectivity index (χ1n) is 7.45. The molecule has 2 aromatic rings. The predicted molar refractivity (Wildman–Crippen MR) is 90.9 cm³/mol. The molecule has 1 aliphatic heterocycles. The number of carbonyl (C=O) groups is 1. The largest absolute Gasteiger partial charge is 0.336 e. The summed E-state index contributed by atoms with van der Waals surface area (Å²) < 4.78 is 1.48. The SMILES string of the molecule is Cl.O=C(c1ccn(-c2cccc([N+](=O)[O-])c2)n1)N1CCCNCC1. The van der Waals surface area contributed by atoms with Crippen LogP contribution in [0.1, 0.15) is 16.9 Å².